The van der Waals surface area contributed by atoms with Crippen molar-refractivity contribution in [3.63, 3.8) is 0 Å². The van der Waals surface area contributed by atoms with E-state index in [0.29, 0.717) is 0 Å². The van der Waals surface area contributed by atoms with Gasteiger partial charge in [-0.3, -0.25) is 0 Å². The number of aromatic nitrogens is 1. The average molecular weight is 189 g/mol. The van der Waals surface area contributed by atoms with Crippen LogP contribution in [0.1, 0.15) is 5.56 Å². The van der Waals surface area contributed by atoms with Crippen molar-refractivity contribution in [2.24, 2.45) is 0 Å². The first-order chi connectivity index (χ1) is 4.79. The zero-order chi connectivity index (χ0) is 7.98. The Hall–Kier alpha value is 2.35. The normalized spacial score (nSPS) is 8.20. The molecule has 0 bridgehead atoms. The average Bonchev–Trinajstić information content (AvgIpc) is 1.91. The summed E-state index contributed by atoms with van der Waals surface area (Å²) in [7, 11) is 0. The van der Waals surface area contributed by atoms with E-state index < -0.39 is 5.95 Å². The molecule has 0 spiro atoms. The second-order valence-electron chi connectivity index (χ2n) is 1.66. The van der Waals surface area contributed by atoms with Crippen LogP contribution in [0.2, 0.25) is 0 Å². The van der Waals surface area contributed by atoms with Crippen LogP contribution < -0.4 is 0 Å². The van der Waals surface area contributed by atoms with Crippen LogP contribution in [-0.4, -0.2) is 68.1 Å². The minimum absolute atomic E-state index is 0.412. The molecule has 1 nitrogen and oxygen atoms in total. The summed E-state index contributed by atoms with van der Waals surface area (Å²) < 4.78 is 12.1. The van der Waals surface area contributed by atoms with E-state index in [9.17, 15) is 4.39 Å². The third kappa shape index (κ3) is 5.93. The summed E-state index contributed by atoms with van der Waals surface area (Å²) in [6.07, 6.45) is 1.45. The van der Waals surface area contributed by atoms with Crippen molar-refractivity contribution >= 4 is 63.2 Å². The van der Waals surface area contributed by atoms with E-state index in [2.05, 4.69) is 4.98 Å². The van der Waals surface area contributed by atoms with Gasteiger partial charge >= 0.3 is 63.2 Å². The van der Waals surface area contributed by atoms with E-state index in [1.54, 1.807) is 6.07 Å². The van der Waals surface area contributed by atoms with E-state index in [-0.39, 0.29) is 0 Å². The SMILES string of the molecule is Cc1ccnc(F)c1.[K][K]. The van der Waals surface area contributed by atoms with Gasteiger partial charge in [0.15, 0.2) is 0 Å². The van der Waals surface area contributed by atoms with E-state index >= 15 is 0 Å². The Morgan fingerprint density at radius 3 is 2.40 bits per heavy atom. The summed E-state index contributed by atoms with van der Waals surface area (Å²) in [6.45, 7) is 1.82. The molecule has 0 atom stereocenters. The summed E-state index contributed by atoms with van der Waals surface area (Å²) in [5, 5.41) is 0. The fourth-order valence-corrected chi connectivity index (χ4v) is 0.499. The van der Waals surface area contributed by atoms with Crippen LogP contribution in [0.3, 0.4) is 0 Å². The molecule has 44 valence electrons. The first kappa shape index (κ1) is 12.4. The Labute approximate surface area is 105 Å². The molecule has 0 fully saturated rings. The molecule has 0 saturated carbocycles. The molecule has 0 aliphatic heterocycles. The van der Waals surface area contributed by atoms with Crippen LogP contribution in [0, 0.1) is 12.9 Å². The summed E-state index contributed by atoms with van der Waals surface area (Å²) in [5.74, 6) is -0.412. The zero-order valence-electron chi connectivity index (χ0n) is 6.56. The van der Waals surface area contributed by atoms with E-state index in [1.165, 1.54) is 75.4 Å². The molecule has 1 heterocycles. The zero-order valence-corrected chi connectivity index (χ0v) is 12.8. The van der Waals surface area contributed by atoms with Gasteiger partial charge in [-0.1, -0.05) is 0 Å². The van der Waals surface area contributed by atoms with Crippen molar-refractivity contribution in [2.45, 2.75) is 6.92 Å². The molecule has 0 aliphatic rings. The Bertz CT molecular complexity index is 176. The van der Waals surface area contributed by atoms with E-state index in [1.807, 2.05) is 6.92 Å². The van der Waals surface area contributed by atoms with E-state index in [0.717, 1.165) is 5.56 Å². The molecule has 4 heteroatoms. The predicted molar refractivity (Wildman–Crippen MR) is 40.4 cm³/mol. The van der Waals surface area contributed by atoms with Gasteiger partial charge in [0.25, 0.3) is 0 Å². The Balaban J connectivity index is 0.000000371. The number of halogens is 1. The molecular formula is C6H6FK2N. The molecule has 0 aliphatic carbocycles. The van der Waals surface area contributed by atoms with Crippen molar-refractivity contribution in [2.75, 3.05) is 0 Å². The summed E-state index contributed by atoms with van der Waals surface area (Å²) >= 11 is 2.50. The van der Waals surface area contributed by atoms with Crippen LogP contribution in [0.15, 0.2) is 18.3 Å². The second-order valence-corrected chi connectivity index (χ2v) is 1.66. The maximum atomic E-state index is 12.1. The Morgan fingerprint density at radius 2 is 2.10 bits per heavy atom. The van der Waals surface area contributed by atoms with Crippen LogP contribution in [0.25, 0.3) is 0 Å². The van der Waals surface area contributed by atoms with Gasteiger partial charge < -0.3 is 0 Å². The van der Waals surface area contributed by atoms with Crippen molar-refractivity contribution in [3.8, 4) is 0 Å². The molecule has 0 amide bonds. The van der Waals surface area contributed by atoms with Crippen LogP contribution in [0.5, 0.6) is 0 Å². The first-order valence-corrected chi connectivity index (χ1v) is 19.4. The van der Waals surface area contributed by atoms with Crippen LogP contribution >= 0.6 is 0 Å². The van der Waals surface area contributed by atoms with Gasteiger partial charge in [-0.05, 0) is 24.6 Å². The fourth-order valence-electron chi connectivity index (χ4n) is 0.499. The minimum atomic E-state index is -0.412. The second kappa shape index (κ2) is 7.97. The number of rotatable bonds is 0. The summed E-state index contributed by atoms with van der Waals surface area (Å²) in [6, 6.07) is 3.14. The number of aryl methyl sites for hydroxylation is 1. The van der Waals surface area contributed by atoms with E-state index in [4.69, 9.17) is 0 Å². The van der Waals surface area contributed by atoms with Crippen LogP contribution in [-0.2, 0) is 0 Å². The predicted octanol–water partition coefficient (Wildman–Crippen LogP) is 0.768. The number of hydrogen-bond donors (Lipinski definition) is 0. The Morgan fingerprint density at radius 1 is 1.50 bits per heavy atom. The molecule has 1 aromatic heterocycles. The molecular weight excluding hydrogens is 183 g/mol. The van der Waals surface area contributed by atoms with Gasteiger partial charge in [0.2, 0.25) is 5.95 Å². The topological polar surface area (TPSA) is 12.9 Å². The van der Waals surface area contributed by atoms with Crippen molar-refractivity contribution in [1.29, 1.82) is 0 Å². The van der Waals surface area contributed by atoms with Gasteiger partial charge in [0.05, 0.1) is 0 Å². The summed E-state index contributed by atoms with van der Waals surface area (Å²) in [4.78, 5) is 3.37. The number of pyridine rings is 1. The molecule has 0 unspecified atom stereocenters. The fraction of sp³-hybridized carbons (Fsp3) is 0.167. The third-order valence-corrected chi connectivity index (χ3v) is 0.882. The van der Waals surface area contributed by atoms with Gasteiger partial charge in [0.1, 0.15) is 0 Å². The molecule has 1 rings (SSSR count). The quantitative estimate of drug-likeness (QED) is 0.434. The van der Waals surface area contributed by atoms with Gasteiger partial charge in [0, 0.05) is 6.20 Å². The van der Waals surface area contributed by atoms with Crippen molar-refractivity contribution < 1.29 is 4.39 Å². The maximum absolute atomic E-state index is 12.1. The van der Waals surface area contributed by atoms with Crippen molar-refractivity contribution in [1.82, 2.24) is 4.98 Å². The molecule has 0 N–H and O–H groups in total. The molecule has 0 aromatic carbocycles. The van der Waals surface area contributed by atoms with Gasteiger partial charge in [-0.25, -0.2) is 4.98 Å². The summed E-state index contributed by atoms with van der Waals surface area (Å²) in [5.41, 5.74) is 0.900. The molecule has 0 radical (unpaired) electrons. The Kier molecular flexibility index (Phi) is 9.85. The monoisotopic (exact) mass is 189 g/mol. The third-order valence-electron chi connectivity index (χ3n) is 0.882. The van der Waals surface area contributed by atoms with Gasteiger partial charge in [-0.2, -0.15) is 4.39 Å². The van der Waals surface area contributed by atoms with Gasteiger partial charge in [-0.15, -0.1) is 0 Å². The van der Waals surface area contributed by atoms with Crippen LogP contribution in [0.4, 0.5) is 4.39 Å². The number of hydrogen-bond acceptors (Lipinski definition) is 1. The van der Waals surface area contributed by atoms with Crippen molar-refractivity contribution in [3.05, 3.63) is 29.8 Å². The molecule has 0 saturated heterocycles. The standard InChI is InChI=1S/C6H6FN.2K/c1-5-2-3-8-6(7)4-5;;/h2-4H,1H3;;. The molecule has 10 heavy (non-hydrogen) atoms. The first-order valence-electron chi connectivity index (χ1n) is 3.37. The molecule has 1 aromatic rings. The number of nitrogens with zero attached hydrogens (tertiary/aromatic N) is 1.